The standard InChI is InChI=1S/C16H31N7O5S/c1-9(22-14(27)10(17)4-3-6-20-16(18)19)13(26)23-11(5-7-29-2)15(28)21-8-12(24)25/h9-11H,3-8,17H2,1-2H3,(H,21,28)(H,22,27)(H,23,26)(H,24,25)(H4,18,19,20). The molecule has 0 aliphatic carbocycles. The average molecular weight is 434 g/mol. The van der Waals surface area contributed by atoms with Gasteiger partial charge in [-0.15, -0.1) is 0 Å². The van der Waals surface area contributed by atoms with Crippen LogP contribution in [0.3, 0.4) is 0 Å². The molecule has 0 saturated heterocycles. The zero-order valence-electron chi connectivity index (χ0n) is 16.6. The van der Waals surface area contributed by atoms with Crippen molar-refractivity contribution in [2.45, 2.75) is 44.3 Å². The van der Waals surface area contributed by atoms with Crippen LogP contribution in [0.4, 0.5) is 0 Å². The summed E-state index contributed by atoms with van der Waals surface area (Å²) in [6.45, 7) is 1.24. The second kappa shape index (κ2) is 14.5. The summed E-state index contributed by atoms with van der Waals surface area (Å²) in [7, 11) is 0. The Morgan fingerprint density at radius 3 is 2.28 bits per heavy atom. The molecule has 0 aliphatic heterocycles. The summed E-state index contributed by atoms with van der Waals surface area (Å²) in [5.74, 6) is -2.37. The van der Waals surface area contributed by atoms with E-state index in [1.54, 1.807) is 0 Å². The number of amides is 3. The van der Waals surface area contributed by atoms with Crippen LogP contribution in [0.1, 0.15) is 26.2 Å². The van der Waals surface area contributed by atoms with Crippen LogP contribution in [0.25, 0.3) is 0 Å². The molecule has 0 aliphatic rings. The fourth-order valence-corrected chi connectivity index (χ4v) is 2.59. The maximum Gasteiger partial charge on any atom is 0.322 e. The van der Waals surface area contributed by atoms with Crippen molar-refractivity contribution >= 4 is 41.4 Å². The van der Waals surface area contributed by atoms with Crippen LogP contribution in [-0.4, -0.2) is 78.0 Å². The first-order valence-corrected chi connectivity index (χ1v) is 10.4. The summed E-state index contributed by atoms with van der Waals surface area (Å²) in [5, 5.41) is 15.9. The van der Waals surface area contributed by atoms with Crippen molar-refractivity contribution in [1.82, 2.24) is 16.0 Å². The van der Waals surface area contributed by atoms with Gasteiger partial charge in [0.25, 0.3) is 0 Å². The SMILES string of the molecule is CSCCC(NC(=O)C(C)NC(=O)C(N)CCCN=C(N)N)C(=O)NCC(=O)O. The molecule has 0 bridgehead atoms. The number of nitrogens with one attached hydrogen (secondary N) is 3. The molecule has 29 heavy (non-hydrogen) atoms. The molecule has 13 heteroatoms. The number of aliphatic imine (C=N–C) groups is 1. The third kappa shape index (κ3) is 12.5. The summed E-state index contributed by atoms with van der Waals surface area (Å²) < 4.78 is 0. The first kappa shape index (κ1) is 26.5. The fourth-order valence-electron chi connectivity index (χ4n) is 2.12. The smallest absolute Gasteiger partial charge is 0.322 e. The van der Waals surface area contributed by atoms with Crippen molar-refractivity contribution in [3.63, 3.8) is 0 Å². The molecule has 0 aromatic carbocycles. The number of carboxylic acids is 1. The maximum absolute atomic E-state index is 12.3. The van der Waals surface area contributed by atoms with Crippen molar-refractivity contribution in [2.24, 2.45) is 22.2 Å². The van der Waals surface area contributed by atoms with E-state index in [1.807, 2.05) is 6.26 Å². The van der Waals surface area contributed by atoms with Crippen molar-refractivity contribution in [1.29, 1.82) is 0 Å². The number of hydrogen-bond acceptors (Lipinski definition) is 7. The first-order valence-electron chi connectivity index (χ1n) is 8.98. The van der Waals surface area contributed by atoms with E-state index in [0.29, 0.717) is 31.6 Å². The molecule has 12 nitrogen and oxygen atoms in total. The molecule has 0 heterocycles. The van der Waals surface area contributed by atoms with E-state index >= 15 is 0 Å². The number of carbonyl (C=O) groups is 4. The van der Waals surface area contributed by atoms with Gasteiger partial charge in [-0.3, -0.25) is 24.2 Å². The lowest BCUT2D eigenvalue weighted by molar-refractivity contribution is -0.138. The van der Waals surface area contributed by atoms with E-state index in [9.17, 15) is 19.2 Å². The van der Waals surface area contributed by atoms with E-state index in [4.69, 9.17) is 22.3 Å². The predicted octanol–water partition coefficient (Wildman–Crippen LogP) is -2.69. The van der Waals surface area contributed by atoms with Gasteiger partial charge in [-0.25, -0.2) is 0 Å². The summed E-state index contributed by atoms with van der Waals surface area (Å²) >= 11 is 1.47. The summed E-state index contributed by atoms with van der Waals surface area (Å²) in [6, 6.07) is -2.69. The monoisotopic (exact) mass is 433 g/mol. The fraction of sp³-hybridized carbons (Fsp3) is 0.688. The van der Waals surface area contributed by atoms with Gasteiger partial charge in [-0.05, 0) is 38.2 Å². The van der Waals surface area contributed by atoms with Crippen LogP contribution in [0.2, 0.25) is 0 Å². The van der Waals surface area contributed by atoms with E-state index < -0.39 is 48.4 Å². The normalized spacial score (nSPS) is 13.5. The number of nitrogens with zero attached hydrogens (tertiary/aromatic N) is 1. The Bertz CT molecular complexity index is 598. The molecular weight excluding hydrogens is 402 g/mol. The van der Waals surface area contributed by atoms with E-state index in [0.717, 1.165) is 0 Å². The largest absolute Gasteiger partial charge is 0.480 e. The molecule has 0 aromatic rings. The van der Waals surface area contributed by atoms with Crippen LogP contribution < -0.4 is 33.2 Å². The van der Waals surface area contributed by atoms with Crippen molar-refractivity contribution in [2.75, 3.05) is 25.1 Å². The highest BCUT2D eigenvalue weighted by atomic mass is 32.2. The summed E-state index contributed by atoms with van der Waals surface area (Å²) in [5.41, 5.74) is 16.2. The number of carboxylic acid groups (broad SMARTS) is 1. The van der Waals surface area contributed by atoms with Gasteiger partial charge in [0.15, 0.2) is 5.96 Å². The van der Waals surface area contributed by atoms with Gasteiger partial charge in [-0.2, -0.15) is 11.8 Å². The molecule has 0 fully saturated rings. The first-order chi connectivity index (χ1) is 13.6. The number of carbonyl (C=O) groups excluding carboxylic acids is 3. The van der Waals surface area contributed by atoms with Crippen molar-refractivity contribution in [3.05, 3.63) is 0 Å². The van der Waals surface area contributed by atoms with E-state index in [1.165, 1.54) is 18.7 Å². The van der Waals surface area contributed by atoms with Crippen LogP contribution in [0, 0.1) is 0 Å². The molecule has 166 valence electrons. The summed E-state index contributed by atoms with van der Waals surface area (Å²) in [4.78, 5) is 50.9. The summed E-state index contributed by atoms with van der Waals surface area (Å²) in [6.07, 6.45) is 2.97. The second-order valence-electron chi connectivity index (χ2n) is 6.24. The molecule has 0 spiro atoms. The van der Waals surface area contributed by atoms with Crippen molar-refractivity contribution < 1.29 is 24.3 Å². The molecular formula is C16H31N7O5S. The second-order valence-corrected chi connectivity index (χ2v) is 7.23. The number of rotatable bonds is 14. The Morgan fingerprint density at radius 2 is 1.72 bits per heavy atom. The number of hydrogen-bond donors (Lipinski definition) is 7. The van der Waals surface area contributed by atoms with Crippen LogP contribution in [-0.2, 0) is 19.2 Å². The molecule has 3 unspecified atom stereocenters. The number of nitrogens with two attached hydrogens (primary N) is 3. The predicted molar refractivity (Wildman–Crippen MR) is 111 cm³/mol. The molecule has 0 rings (SSSR count). The van der Waals surface area contributed by atoms with Gasteiger partial charge in [0.2, 0.25) is 17.7 Å². The number of guanidine groups is 1. The Balaban J connectivity index is 4.63. The average Bonchev–Trinajstić information content (AvgIpc) is 2.65. The van der Waals surface area contributed by atoms with Gasteiger partial charge >= 0.3 is 5.97 Å². The zero-order valence-corrected chi connectivity index (χ0v) is 17.5. The third-order valence-electron chi connectivity index (χ3n) is 3.71. The van der Waals surface area contributed by atoms with Crippen molar-refractivity contribution in [3.8, 4) is 0 Å². The topological polar surface area (TPSA) is 215 Å². The van der Waals surface area contributed by atoms with Gasteiger partial charge in [-0.1, -0.05) is 0 Å². The number of aliphatic carboxylic acids is 1. The van der Waals surface area contributed by atoms with Crippen LogP contribution in [0.15, 0.2) is 4.99 Å². The maximum atomic E-state index is 12.3. The van der Waals surface area contributed by atoms with Gasteiger partial charge in [0, 0.05) is 6.54 Å². The minimum atomic E-state index is -1.19. The quantitative estimate of drug-likeness (QED) is 0.0861. The van der Waals surface area contributed by atoms with Crippen LogP contribution in [0.5, 0.6) is 0 Å². The van der Waals surface area contributed by atoms with Gasteiger partial charge in [0.05, 0.1) is 6.04 Å². The van der Waals surface area contributed by atoms with Gasteiger partial charge in [0.1, 0.15) is 18.6 Å². The highest BCUT2D eigenvalue weighted by Gasteiger charge is 2.25. The number of thioether (sulfide) groups is 1. The highest BCUT2D eigenvalue weighted by molar-refractivity contribution is 7.98. The Morgan fingerprint density at radius 1 is 1.07 bits per heavy atom. The minimum absolute atomic E-state index is 0.0447. The molecule has 3 amide bonds. The minimum Gasteiger partial charge on any atom is -0.480 e. The Kier molecular flexibility index (Phi) is 13.2. The van der Waals surface area contributed by atoms with E-state index in [-0.39, 0.29) is 5.96 Å². The lowest BCUT2D eigenvalue weighted by Gasteiger charge is -2.21. The lowest BCUT2D eigenvalue weighted by Crippen LogP contribution is -2.55. The zero-order chi connectivity index (χ0) is 22.4. The highest BCUT2D eigenvalue weighted by Crippen LogP contribution is 2.02. The molecule has 0 radical (unpaired) electrons. The van der Waals surface area contributed by atoms with Crippen LogP contribution >= 0.6 is 11.8 Å². The molecule has 10 N–H and O–H groups in total. The lowest BCUT2D eigenvalue weighted by atomic mass is 10.1. The molecule has 3 atom stereocenters. The van der Waals surface area contributed by atoms with E-state index in [2.05, 4.69) is 20.9 Å². The Hall–Kier alpha value is -2.54. The van der Waals surface area contributed by atoms with Gasteiger partial charge < -0.3 is 38.3 Å². The molecule has 0 saturated carbocycles. The third-order valence-corrected chi connectivity index (χ3v) is 4.36. The Labute approximate surface area is 173 Å². The molecule has 0 aromatic heterocycles.